The minimum Gasteiger partial charge on any atom is -0.296 e. The molecule has 140 valence electrons. The van der Waals surface area contributed by atoms with Gasteiger partial charge in [0.05, 0.1) is 11.1 Å². The molecule has 0 atom stereocenters. The molecule has 2 aromatic carbocycles. The van der Waals surface area contributed by atoms with Crippen molar-refractivity contribution in [3.8, 4) is 0 Å². The number of carbonyl (C=O) groups is 1. The molecule has 0 fully saturated rings. The van der Waals surface area contributed by atoms with Crippen molar-refractivity contribution in [2.45, 2.75) is 16.3 Å². The van der Waals surface area contributed by atoms with E-state index in [0.717, 1.165) is 29.0 Å². The molecule has 0 unspecified atom stereocenters. The number of nitrogens with one attached hydrogen (secondary N) is 1. The number of alkyl halides is 3. The Morgan fingerprint density at radius 3 is 2.48 bits per heavy atom. The van der Waals surface area contributed by atoms with Crippen LogP contribution in [0.15, 0.2) is 52.9 Å². The van der Waals surface area contributed by atoms with Crippen molar-refractivity contribution < 1.29 is 22.4 Å². The quantitative estimate of drug-likeness (QED) is 0.353. The van der Waals surface area contributed by atoms with Crippen molar-refractivity contribution in [2.75, 3.05) is 5.32 Å². The Bertz CT molecular complexity index is 942. The molecule has 3 rings (SSSR count). The summed E-state index contributed by atoms with van der Waals surface area (Å²) in [6, 6.07) is 10.5. The molecule has 0 radical (unpaired) electrons. The number of rotatable bonds is 5. The van der Waals surface area contributed by atoms with Gasteiger partial charge >= 0.3 is 6.18 Å². The summed E-state index contributed by atoms with van der Waals surface area (Å²) in [5, 5.41) is 10.1. The first kappa shape index (κ1) is 19.3. The van der Waals surface area contributed by atoms with Crippen molar-refractivity contribution in [3.05, 3.63) is 71.0 Å². The third-order valence-corrected chi connectivity index (χ3v) is 5.42. The fraction of sp³-hybridized carbons (Fsp3) is 0.118. The highest BCUT2D eigenvalue weighted by Gasteiger charge is 2.35. The number of thioether (sulfide) groups is 1. The number of halogens is 4. The van der Waals surface area contributed by atoms with Gasteiger partial charge in [0.1, 0.15) is 5.82 Å². The zero-order chi connectivity index (χ0) is 19.4. The average molecular weight is 413 g/mol. The van der Waals surface area contributed by atoms with Crippen LogP contribution >= 0.6 is 23.1 Å². The highest BCUT2D eigenvalue weighted by atomic mass is 32.2. The van der Waals surface area contributed by atoms with E-state index < -0.39 is 23.2 Å². The maximum Gasteiger partial charge on any atom is 0.417 e. The summed E-state index contributed by atoms with van der Waals surface area (Å²) in [6.07, 6.45) is -4.63. The van der Waals surface area contributed by atoms with E-state index in [1.807, 2.05) is 0 Å². The molecule has 0 aliphatic carbocycles. The monoisotopic (exact) mass is 413 g/mol. The fourth-order valence-corrected chi connectivity index (χ4v) is 3.84. The summed E-state index contributed by atoms with van der Waals surface area (Å²) in [5.74, 6) is -0.724. The molecule has 10 heteroatoms. The molecule has 0 spiro atoms. The van der Waals surface area contributed by atoms with Crippen LogP contribution in [0.5, 0.6) is 0 Å². The van der Waals surface area contributed by atoms with E-state index in [2.05, 4.69) is 15.5 Å². The number of carbonyl (C=O) groups excluding carboxylic acids is 1. The zero-order valence-electron chi connectivity index (χ0n) is 13.5. The van der Waals surface area contributed by atoms with Crippen LogP contribution in [0.1, 0.15) is 21.5 Å². The van der Waals surface area contributed by atoms with Gasteiger partial charge in [-0.05, 0) is 29.8 Å². The van der Waals surface area contributed by atoms with Crippen LogP contribution in [-0.4, -0.2) is 16.1 Å². The molecular weight excluding hydrogens is 402 g/mol. The van der Waals surface area contributed by atoms with Gasteiger partial charge in [0, 0.05) is 5.75 Å². The Kier molecular flexibility index (Phi) is 5.76. The molecule has 0 bridgehead atoms. The topological polar surface area (TPSA) is 54.9 Å². The number of hydrogen-bond acceptors (Lipinski definition) is 5. The van der Waals surface area contributed by atoms with Crippen molar-refractivity contribution in [3.63, 3.8) is 0 Å². The van der Waals surface area contributed by atoms with E-state index in [9.17, 15) is 22.4 Å². The van der Waals surface area contributed by atoms with Crippen LogP contribution < -0.4 is 5.32 Å². The molecule has 0 aliphatic rings. The molecular formula is C17H11F4N3OS2. The van der Waals surface area contributed by atoms with E-state index in [0.29, 0.717) is 10.1 Å². The highest BCUT2D eigenvalue weighted by molar-refractivity contribution is 8.00. The van der Waals surface area contributed by atoms with Crippen LogP contribution in [-0.2, 0) is 11.9 Å². The van der Waals surface area contributed by atoms with Crippen LogP contribution in [0.4, 0.5) is 22.7 Å². The molecule has 1 N–H and O–H groups in total. The number of aromatic nitrogens is 2. The first-order chi connectivity index (χ1) is 12.8. The minimum atomic E-state index is -4.63. The van der Waals surface area contributed by atoms with Crippen LogP contribution in [0.2, 0.25) is 0 Å². The van der Waals surface area contributed by atoms with Gasteiger partial charge in [-0.15, -0.1) is 10.2 Å². The molecule has 1 amide bonds. The van der Waals surface area contributed by atoms with Gasteiger partial charge < -0.3 is 0 Å². The average Bonchev–Trinajstić information content (AvgIpc) is 3.08. The normalized spacial score (nSPS) is 11.4. The van der Waals surface area contributed by atoms with Crippen molar-refractivity contribution in [1.82, 2.24) is 10.2 Å². The summed E-state index contributed by atoms with van der Waals surface area (Å²) in [7, 11) is 0. The van der Waals surface area contributed by atoms with Gasteiger partial charge in [-0.1, -0.05) is 47.4 Å². The lowest BCUT2D eigenvalue weighted by atomic mass is 10.1. The summed E-state index contributed by atoms with van der Waals surface area (Å²) in [6.45, 7) is 0. The van der Waals surface area contributed by atoms with Crippen LogP contribution in [0.3, 0.4) is 0 Å². The maximum absolute atomic E-state index is 13.0. The standard InChI is InChI=1S/C17H11F4N3OS2/c18-11-7-5-10(6-8-11)9-26-16-24-23-15(27-16)22-14(25)12-3-1-2-4-13(12)17(19,20)21/h1-8H,9H2,(H,22,23,25). The number of benzene rings is 2. The Balaban J connectivity index is 1.66. The summed E-state index contributed by atoms with van der Waals surface area (Å²) >= 11 is 2.37. The van der Waals surface area contributed by atoms with Gasteiger partial charge in [-0.2, -0.15) is 13.2 Å². The Hall–Kier alpha value is -2.46. The number of anilines is 1. The number of amides is 1. The first-order valence-electron chi connectivity index (χ1n) is 7.51. The van der Waals surface area contributed by atoms with Crippen molar-refractivity contribution in [2.24, 2.45) is 0 Å². The molecule has 3 aromatic rings. The van der Waals surface area contributed by atoms with Gasteiger partial charge in [-0.3, -0.25) is 10.1 Å². The Labute approximate surface area is 159 Å². The minimum absolute atomic E-state index is 0.0959. The number of hydrogen-bond donors (Lipinski definition) is 1. The SMILES string of the molecule is O=C(Nc1nnc(SCc2ccc(F)cc2)s1)c1ccccc1C(F)(F)F. The van der Waals surface area contributed by atoms with E-state index in [1.54, 1.807) is 12.1 Å². The largest absolute Gasteiger partial charge is 0.417 e. The van der Waals surface area contributed by atoms with E-state index in [1.165, 1.54) is 36.0 Å². The smallest absolute Gasteiger partial charge is 0.296 e. The summed E-state index contributed by atoms with van der Waals surface area (Å²) < 4.78 is 52.4. The molecule has 1 aromatic heterocycles. The van der Waals surface area contributed by atoms with Crippen LogP contribution in [0.25, 0.3) is 0 Å². The van der Waals surface area contributed by atoms with E-state index >= 15 is 0 Å². The van der Waals surface area contributed by atoms with Crippen LogP contribution in [0, 0.1) is 5.82 Å². The lowest BCUT2D eigenvalue weighted by Crippen LogP contribution is -2.18. The molecule has 0 aliphatic heterocycles. The summed E-state index contributed by atoms with van der Waals surface area (Å²) in [5.41, 5.74) is -0.625. The third-order valence-electron chi connectivity index (χ3n) is 3.38. The number of nitrogens with zero attached hydrogens (tertiary/aromatic N) is 2. The van der Waals surface area contributed by atoms with Gasteiger partial charge in [0.2, 0.25) is 5.13 Å². The highest BCUT2D eigenvalue weighted by Crippen LogP contribution is 2.33. The maximum atomic E-state index is 13.0. The van der Waals surface area contributed by atoms with Gasteiger partial charge in [0.15, 0.2) is 4.34 Å². The van der Waals surface area contributed by atoms with Crippen molar-refractivity contribution >= 4 is 34.1 Å². The third kappa shape index (κ3) is 5.04. The second-order valence-electron chi connectivity index (χ2n) is 5.29. The lowest BCUT2D eigenvalue weighted by Gasteiger charge is -2.11. The predicted molar refractivity (Wildman–Crippen MR) is 95.3 cm³/mol. The van der Waals surface area contributed by atoms with Gasteiger partial charge in [-0.25, -0.2) is 4.39 Å². The first-order valence-corrected chi connectivity index (χ1v) is 9.31. The summed E-state index contributed by atoms with van der Waals surface area (Å²) in [4.78, 5) is 12.2. The molecule has 0 saturated heterocycles. The molecule has 0 saturated carbocycles. The Morgan fingerprint density at radius 1 is 1.07 bits per heavy atom. The van der Waals surface area contributed by atoms with E-state index in [-0.39, 0.29) is 10.9 Å². The Morgan fingerprint density at radius 2 is 1.78 bits per heavy atom. The zero-order valence-corrected chi connectivity index (χ0v) is 15.1. The molecule has 1 heterocycles. The van der Waals surface area contributed by atoms with Crippen molar-refractivity contribution in [1.29, 1.82) is 0 Å². The predicted octanol–water partition coefficient (Wildman–Crippen LogP) is 5.24. The molecule has 4 nitrogen and oxygen atoms in total. The molecule has 27 heavy (non-hydrogen) atoms. The second kappa shape index (κ2) is 8.05. The fourth-order valence-electron chi connectivity index (χ4n) is 2.14. The second-order valence-corrected chi connectivity index (χ2v) is 7.49. The lowest BCUT2D eigenvalue weighted by molar-refractivity contribution is -0.137. The van der Waals surface area contributed by atoms with E-state index in [4.69, 9.17) is 0 Å². The van der Waals surface area contributed by atoms with Gasteiger partial charge in [0.25, 0.3) is 5.91 Å².